The molecule has 0 amide bonds. The van der Waals surface area contributed by atoms with Gasteiger partial charge in [0.1, 0.15) is 18.0 Å². The van der Waals surface area contributed by atoms with Crippen molar-refractivity contribution in [3.63, 3.8) is 0 Å². The van der Waals surface area contributed by atoms with E-state index in [1.807, 2.05) is 24.4 Å². The van der Waals surface area contributed by atoms with Crippen molar-refractivity contribution < 1.29 is 0 Å². The Bertz CT molecular complexity index is 496. The first-order valence-corrected chi connectivity index (χ1v) is 6.53. The molecule has 2 aromatic heterocycles. The third kappa shape index (κ3) is 3.64. The lowest BCUT2D eigenvalue weighted by molar-refractivity contribution is 0.841. The SMILES string of the molecule is CCN(CC)c1cc(NCc2cccnc2)ncn1. The first kappa shape index (κ1) is 13.3. The minimum Gasteiger partial charge on any atom is -0.366 e. The van der Waals surface area contributed by atoms with Gasteiger partial charge in [-0.25, -0.2) is 9.97 Å². The van der Waals surface area contributed by atoms with E-state index in [4.69, 9.17) is 0 Å². The highest BCUT2D eigenvalue weighted by molar-refractivity contribution is 5.48. The van der Waals surface area contributed by atoms with Gasteiger partial charge in [0.15, 0.2) is 0 Å². The van der Waals surface area contributed by atoms with Crippen molar-refractivity contribution in [3.8, 4) is 0 Å². The summed E-state index contributed by atoms with van der Waals surface area (Å²) in [6.45, 7) is 6.83. The molecule has 5 heteroatoms. The lowest BCUT2D eigenvalue weighted by atomic mass is 10.3. The summed E-state index contributed by atoms with van der Waals surface area (Å²) in [6, 6.07) is 5.94. The summed E-state index contributed by atoms with van der Waals surface area (Å²) in [5.41, 5.74) is 1.13. The van der Waals surface area contributed by atoms with Gasteiger partial charge in [-0.1, -0.05) is 6.07 Å². The molecular weight excluding hydrogens is 238 g/mol. The molecule has 0 unspecified atom stereocenters. The zero-order valence-electron chi connectivity index (χ0n) is 11.4. The fourth-order valence-electron chi connectivity index (χ4n) is 1.86. The van der Waals surface area contributed by atoms with Crippen molar-refractivity contribution >= 4 is 11.6 Å². The Labute approximate surface area is 113 Å². The largest absolute Gasteiger partial charge is 0.366 e. The van der Waals surface area contributed by atoms with Crippen LogP contribution in [-0.2, 0) is 6.54 Å². The first-order valence-electron chi connectivity index (χ1n) is 6.53. The van der Waals surface area contributed by atoms with Crippen molar-refractivity contribution in [2.75, 3.05) is 23.3 Å². The van der Waals surface area contributed by atoms with Crippen LogP contribution in [0.2, 0.25) is 0 Å². The zero-order chi connectivity index (χ0) is 13.5. The third-order valence-electron chi connectivity index (χ3n) is 2.94. The Balaban J connectivity index is 2.03. The molecule has 0 spiro atoms. The van der Waals surface area contributed by atoms with Crippen molar-refractivity contribution in [2.24, 2.45) is 0 Å². The smallest absolute Gasteiger partial charge is 0.134 e. The summed E-state index contributed by atoms with van der Waals surface area (Å²) in [6.07, 6.45) is 5.21. The van der Waals surface area contributed by atoms with Crippen LogP contribution in [0.4, 0.5) is 11.6 Å². The lowest BCUT2D eigenvalue weighted by Gasteiger charge is -2.19. The summed E-state index contributed by atoms with van der Waals surface area (Å²) in [5, 5.41) is 3.29. The van der Waals surface area contributed by atoms with Crippen LogP contribution in [0.5, 0.6) is 0 Å². The number of hydrogen-bond donors (Lipinski definition) is 1. The highest BCUT2D eigenvalue weighted by atomic mass is 15.2. The van der Waals surface area contributed by atoms with Gasteiger partial charge in [0.2, 0.25) is 0 Å². The Kier molecular flexibility index (Phi) is 4.66. The molecule has 100 valence electrons. The maximum atomic E-state index is 4.30. The van der Waals surface area contributed by atoms with E-state index in [0.29, 0.717) is 6.54 Å². The van der Waals surface area contributed by atoms with Gasteiger partial charge in [-0.05, 0) is 25.5 Å². The second-order valence-corrected chi connectivity index (χ2v) is 4.15. The minimum atomic E-state index is 0.711. The molecule has 2 rings (SSSR count). The molecule has 0 saturated heterocycles. The number of anilines is 2. The van der Waals surface area contributed by atoms with Gasteiger partial charge in [0, 0.05) is 38.1 Å². The van der Waals surface area contributed by atoms with Gasteiger partial charge >= 0.3 is 0 Å². The molecule has 0 atom stereocenters. The molecule has 0 aliphatic heterocycles. The molecule has 2 aromatic rings. The fourth-order valence-corrected chi connectivity index (χ4v) is 1.86. The Morgan fingerprint density at radius 2 is 2.05 bits per heavy atom. The number of nitrogens with zero attached hydrogens (tertiary/aromatic N) is 4. The summed E-state index contributed by atoms with van der Waals surface area (Å²) in [7, 11) is 0. The molecule has 0 aromatic carbocycles. The third-order valence-corrected chi connectivity index (χ3v) is 2.94. The lowest BCUT2D eigenvalue weighted by Crippen LogP contribution is -2.23. The van der Waals surface area contributed by atoms with Crippen LogP contribution in [0.3, 0.4) is 0 Å². The number of pyridine rings is 1. The van der Waals surface area contributed by atoms with E-state index >= 15 is 0 Å². The monoisotopic (exact) mass is 257 g/mol. The molecule has 0 saturated carbocycles. The topological polar surface area (TPSA) is 53.9 Å². The maximum Gasteiger partial charge on any atom is 0.134 e. The standard InChI is InChI=1S/C14H19N5/c1-3-19(4-2)14-8-13(17-11-18-14)16-10-12-6-5-7-15-9-12/h5-9,11H,3-4,10H2,1-2H3,(H,16,17,18). The van der Waals surface area contributed by atoms with Crippen LogP contribution in [0.1, 0.15) is 19.4 Å². The zero-order valence-corrected chi connectivity index (χ0v) is 11.4. The van der Waals surface area contributed by atoms with Gasteiger partial charge in [0.05, 0.1) is 0 Å². The number of hydrogen-bond acceptors (Lipinski definition) is 5. The van der Waals surface area contributed by atoms with E-state index in [1.165, 1.54) is 0 Å². The van der Waals surface area contributed by atoms with Gasteiger partial charge in [-0.15, -0.1) is 0 Å². The van der Waals surface area contributed by atoms with E-state index < -0.39 is 0 Å². The predicted molar refractivity (Wildman–Crippen MR) is 77.2 cm³/mol. The summed E-state index contributed by atoms with van der Waals surface area (Å²) in [4.78, 5) is 14.8. The van der Waals surface area contributed by atoms with E-state index in [-0.39, 0.29) is 0 Å². The molecule has 19 heavy (non-hydrogen) atoms. The van der Waals surface area contributed by atoms with Crippen molar-refractivity contribution in [3.05, 3.63) is 42.5 Å². The Morgan fingerprint density at radius 1 is 1.21 bits per heavy atom. The van der Waals surface area contributed by atoms with E-state index in [9.17, 15) is 0 Å². The Morgan fingerprint density at radius 3 is 2.74 bits per heavy atom. The number of rotatable bonds is 6. The maximum absolute atomic E-state index is 4.30. The highest BCUT2D eigenvalue weighted by Gasteiger charge is 2.04. The fraction of sp³-hybridized carbons (Fsp3) is 0.357. The molecule has 2 heterocycles. The second kappa shape index (κ2) is 6.68. The van der Waals surface area contributed by atoms with E-state index in [0.717, 1.165) is 30.3 Å². The predicted octanol–water partition coefficient (Wildman–Crippen LogP) is 2.33. The average molecular weight is 257 g/mol. The average Bonchev–Trinajstić information content (AvgIpc) is 2.48. The molecule has 0 radical (unpaired) electrons. The first-order chi connectivity index (χ1) is 9.33. The molecule has 1 N–H and O–H groups in total. The van der Waals surface area contributed by atoms with Crippen LogP contribution >= 0.6 is 0 Å². The van der Waals surface area contributed by atoms with Crippen LogP contribution in [0.15, 0.2) is 36.9 Å². The molecule has 0 bridgehead atoms. The minimum absolute atomic E-state index is 0.711. The Hall–Kier alpha value is -2.17. The quantitative estimate of drug-likeness (QED) is 0.860. The molecule has 5 nitrogen and oxygen atoms in total. The molecule has 0 fully saturated rings. The summed E-state index contributed by atoms with van der Waals surface area (Å²) < 4.78 is 0. The van der Waals surface area contributed by atoms with Crippen LogP contribution in [0, 0.1) is 0 Å². The van der Waals surface area contributed by atoms with Crippen molar-refractivity contribution in [1.82, 2.24) is 15.0 Å². The van der Waals surface area contributed by atoms with Crippen LogP contribution in [0.25, 0.3) is 0 Å². The molecular formula is C14H19N5. The molecule has 0 aliphatic rings. The van der Waals surface area contributed by atoms with Crippen molar-refractivity contribution in [2.45, 2.75) is 20.4 Å². The second-order valence-electron chi connectivity index (χ2n) is 4.15. The van der Waals surface area contributed by atoms with Crippen LogP contribution in [-0.4, -0.2) is 28.0 Å². The number of nitrogens with one attached hydrogen (secondary N) is 1. The van der Waals surface area contributed by atoms with Gasteiger partial charge in [0.25, 0.3) is 0 Å². The highest BCUT2D eigenvalue weighted by Crippen LogP contribution is 2.14. The van der Waals surface area contributed by atoms with Gasteiger partial charge in [-0.2, -0.15) is 0 Å². The van der Waals surface area contributed by atoms with E-state index in [1.54, 1.807) is 12.5 Å². The van der Waals surface area contributed by atoms with Crippen molar-refractivity contribution in [1.29, 1.82) is 0 Å². The number of aromatic nitrogens is 3. The van der Waals surface area contributed by atoms with Gasteiger partial charge < -0.3 is 10.2 Å². The van der Waals surface area contributed by atoms with Crippen LogP contribution < -0.4 is 10.2 Å². The normalized spacial score (nSPS) is 10.2. The summed E-state index contributed by atoms with van der Waals surface area (Å²) in [5.74, 6) is 1.79. The van der Waals surface area contributed by atoms with Gasteiger partial charge in [-0.3, -0.25) is 4.98 Å². The van der Waals surface area contributed by atoms with E-state index in [2.05, 4.69) is 39.0 Å². The summed E-state index contributed by atoms with van der Waals surface area (Å²) >= 11 is 0. The molecule has 0 aliphatic carbocycles.